The summed E-state index contributed by atoms with van der Waals surface area (Å²) in [6.07, 6.45) is 3.01. The number of aromatic nitrogens is 1. The fourth-order valence-corrected chi connectivity index (χ4v) is 3.51. The van der Waals surface area contributed by atoms with E-state index in [0.29, 0.717) is 6.04 Å². The molecule has 1 aromatic heterocycles. The Morgan fingerprint density at radius 2 is 2.44 bits per heavy atom. The Hall–Kier alpha value is -0.450. The molecule has 5 heteroatoms. The summed E-state index contributed by atoms with van der Waals surface area (Å²) in [6, 6.07) is 2.71. The number of rotatable bonds is 5. The van der Waals surface area contributed by atoms with Crippen molar-refractivity contribution in [2.45, 2.75) is 25.9 Å². The van der Waals surface area contributed by atoms with Crippen molar-refractivity contribution in [1.29, 1.82) is 0 Å². The van der Waals surface area contributed by atoms with Crippen LogP contribution in [0.15, 0.2) is 12.3 Å². The van der Waals surface area contributed by atoms with Gasteiger partial charge in [-0.2, -0.15) is 11.8 Å². The molecule has 0 bridgehead atoms. The Labute approximate surface area is 118 Å². The number of pyridine rings is 1. The molecule has 0 aliphatic carbocycles. The number of hydrogen-bond acceptors (Lipinski definition) is 4. The molecule has 3 nitrogen and oxygen atoms in total. The molecule has 0 radical (unpaired) electrons. The molecule has 0 spiro atoms. The molecule has 0 amide bonds. The first kappa shape index (κ1) is 14.0. The predicted octanol–water partition coefficient (Wildman–Crippen LogP) is 2.79. The van der Waals surface area contributed by atoms with E-state index >= 15 is 0 Å². The van der Waals surface area contributed by atoms with Gasteiger partial charge >= 0.3 is 0 Å². The van der Waals surface area contributed by atoms with Crippen molar-refractivity contribution < 1.29 is 0 Å². The Morgan fingerprint density at radius 3 is 3.11 bits per heavy atom. The van der Waals surface area contributed by atoms with Crippen molar-refractivity contribution in [3.8, 4) is 0 Å². The van der Waals surface area contributed by atoms with E-state index < -0.39 is 0 Å². The van der Waals surface area contributed by atoms with E-state index in [0.717, 1.165) is 29.5 Å². The largest absolute Gasteiger partial charge is 0.356 e. The first-order valence-corrected chi connectivity index (χ1v) is 7.91. The van der Waals surface area contributed by atoms with Gasteiger partial charge in [-0.3, -0.25) is 0 Å². The normalized spacial score (nSPS) is 19.2. The van der Waals surface area contributed by atoms with Gasteiger partial charge in [0.15, 0.2) is 0 Å². The highest BCUT2D eigenvalue weighted by molar-refractivity contribution is 7.99. The van der Waals surface area contributed by atoms with Crippen LogP contribution < -0.4 is 10.2 Å². The van der Waals surface area contributed by atoms with Crippen molar-refractivity contribution in [3.63, 3.8) is 0 Å². The van der Waals surface area contributed by atoms with Gasteiger partial charge in [-0.1, -0.05) is 18.5 Å². The molecule has 1 saturated heterocycles. The average Bonchev–Trinajstić information content (AvgIpc) is 2.91. The lowest BCUT2D eigenvalue weighted by molar-refractivity contribution is 0.688. The maximum atomic E-state index is 6.17. The van der Waals surface area contributed by atoms with Crippen LogP contribution >= 0.6 is 23.4 Å². The van der Waals surface area contributed by atoms with Crippen LogP contribution in [0, 0.1) is 0 Å². The molecule has 2 rings (SSSR count). The SMILES string of the molecule is CCNCc1cc(N(C)C2CCSC2)ncc1Cl. The Kier molecular flexibility index (Phi) is 5.15. The third-order valence-electron chi connectivity index (χ3n) is 3.30. The highest BCUT2D eigenvalue weighted by Gasteiger charge is 2.21. The van der Waals surface area contributed by atoms with Gasteiger partial charge in [-0.25, -0.2) is 4.98 Å². The molecular weight excluding hydrogens is 266 g/mol. The van der Waals surface area contributed by atoms with Crippen LogP contribution in [0.4, 0.5) is 5.82 Å². The summed E-state index contributed by atoms with van der Waals surface area (Å²) in [6.45, 7) is 3.85. The van der Waals surface area contributed by atoms with E-state index in [4.69, 9.17) is 11.6 Å². The lowest BCUT2D eigenvalue weighted by atomic mass is 10.2. The molecule has 18 heavy (non-hydrogen) atoms. The smallest absolute Gasteiger partial charge is 0.128 e. The summed E-state index contributed by atoms with van der Waals surface area (Å²) < 4.78 is 0. The first-order chi connectivity index (χ1) is 8.72. The maximum Gasteiger partial charge on any atom is 0.128 e. The molecule has 100 valence electrons. The molecule has 0 aromatic carbocycles. The summed E-state index contributed by atoms with van der Waals surface area (Å²) >= 11 is 8.19. The second-order valence-corrected chi connectivity index (χ2v) is 6.10. The molecule has 1 unspecified atom stereocenters. The highest BCUT2D eigenvalue weighted by atomic mass is 35.5. The number of hydrogen-bond donors (Lipinski definition) is 1. The topological polar surface area (TPSA) is 28.2 Å². The van der Waals surface area contributed by atoms with Gasteiger partial charge in [0, 0.05) is 31.6 Å². The van der Waals surface area contributed by atoms with E-state index in [1.54, 1.807) is 6.20 Å². The summed E-state index contributed by atoms with van der Waals surface area (Å²) in [5, 5.41) is 4.05. The average molecular weight is 286 g/mol. The summed E-state index contributed by atoms with van der Waals surface area (Å²) in [4.78, 5) is 6.73. The summed E-state index contributed by atoms with van der Waals surface area (Å²) in [5.74, 6) is 3.48. The van der Waals surface area contributed by atoms with Crippen LogP contribution in [0.25, 0.3) is 0 Å². The van der Waals surface area contributed by atoms with Crippen molar-refractivity contribution in [1.82, 2.24) is 10.3 Å². The van der Waals surface area contributed by atoms with Crippen molar-refractivity contribution >= 4 is 29.2 Å². The number of nitrogens with one attached hydrogen (secondary N) is 1. The third-order valence-corrected chi connectivity index (χ3v) is 4.79. The van der Waals surface area contributed by atoms with Crippen molar-refractivity contribution in [3.05, 3.63) is 22.8 Å². The molecule has 0 saturated carbocycles. The number of thioether (sulfide) groups is 1. The molecule has 2 heterocycles. The van der Waals surface area contributed by atoms with E-state index in [1.165, 1.54) is 17.9 Å². The van der Waals surface area contributed by atoms with E-state index in [-0.39, 0.29) is 0 Å². The minimum atomic E-state index is 0.607. The molecule has 1 aliphatic rings. The Morgan fingerprint density at radius 1 is 1.61 bits per heavy atom. The van der Waals surface area contributed by atoms with Crippen LogP contribution in [0.5, 0.6) is 0 Å². The lowest BCUT2D eigenvalue weighted by Gasteiger charge is -2.25. The fourth-order valence-electron chi connectivity index (χ4n) is 2.07. The fraction of sp³-hybridized carbons (Fsp3) is 0.615. The monoisotopic (exact) mass is 285 g/mol. The van der Waals surface area contributed by atoms with Gasteiger partial charge < -0.3 is 10.2 Å². The quantitative estimate of drug-likeness (QED) is 0.900. The van der Waals surface area contributed by atoms with Crippen LogP contribution in [0.2, 0.25) is 5.02 Å². The minimum absolute atomic E-state index is 0.607. The zero-order valence-corrected chi connectivity index (χ0v) is 12.5. The Bertz CT molecular complexity index is 394. The van der Waals surface area contributed by atoms with Gasteiger partial charge in [-0.05, 0) is 30.3 Å². The molecule has 1 aliphatic heterocycles. The van der Waals surface area contributed by atoms with Crippen molar-refractivity contribution in [2.75, 3.05) is 30.0 Å². The molecular formula is C13H20ClN3S. The zero-order valence-electron chi connectivity index (χ0n) is 10.9. The van der Waals surface area contributed by atoms with Gasteiger partial charge in [-0.15, -0.1) is 0 Å². The second kappa shape index (κ2) is 6.64. The third kappa shape index (κ3) is 3.31. The molecule has 1 atom stereocenters. The second-order valence-electron chi connectivity index (χ2n) is 4.54. The lowest BCUT2D eigenvalue weighted by Crippen LogP contribution is -2.32. The standard InChI is InChI=1S/C13H20ClN3S/c1-3-15-7-10-6-13(16-8-12(10)14)17(2)11-4-5-18-9-11/h6,8,11,15H,3-5,7,9H2,1-2H3. The molecule has 1 fully saturated rings. The Balaban J connectivity index is 2.12. The first-order valence-electron chi connectivity index (χ1n) is 6.38. The van der Waals surface area contributed by atoms with Gasteiger partial charge in [0.2, 0.25) is 0 Å². The van der Waals surface area contributed by atoms with Crippen LogP contribution in [-0.2, 0) is 6.54 Å². The minimum Gasteiger partial charge on any atom is -0.356 e. The predicted molar refractivity (Wildman–Crippen MR) is 80.8 cm³/mol. The number of anilines is 1. The highest BCUT2D eigenvalue weighted by Crippen LogP contribution is 2.26. The number of nitrogens with zero attached hydrogens (tertiary/aromatic N) is 2. The van der Waals surface area contributed by atoms with Gasteiger partial charge in [0.25, 0.3) is 0 Å². The van der Waals surface area contributed by atoms with E-state index in [2.05, 4.69) is 35.2 Å². The molecule has 1 aromatic rings. The van der Waals surface area contributed by atoms with Gasteiger partial charge in [0.1, 0.15) is 5.82 Å². The summed E-state index contributed by atoms with van der Waals surface area (Å²) in [7, 11) is 2.13. The van der Waals surface area contributed by atoms with E-state index in [9.17, 15) is 0 Å². The van der Waals surface area contributed by atoms with Crippen LogP contribution in [0.1, 0.15) is 18.9 Å². The zero-order chi connectivity index (χ0) is 13.0. The number of halogens is 1. The van der Waals surface area contributed by atoms with E-state index in [1.807, 2.05) is 11.8 Å². The van der Waals surface area contributed by atoms with Crippen LogP contribution in [-0.4, -0.2) is 36.1 Å². The van der Waals surface area contributed by atoms with Crippen LogP contribution in [0.3, 0.4) is 0 Å². The summed E-state index contributed by atoms with van der Waals surface area (Å²) in [5.41, 5.74) is 1.13. The van der Waals surface area contributed by atoms with Crippen molar-refractivity contribution in [2.24, 2.45) is 0 Å². The van der Waals surface area contributed by atoms with Gasteiger partial charge in [0.05, 0.1) is 5.02 Å². The molecule has 1 N–H and O–H groups in total. The maximum absolute atomic E-state index is 6.17.